The summed E-state index contributed by atoms with van der Waals surface area (Å²) in [7, 11) is 0. The normalized spacial score (nSPS) is 33.2. The molecule has 126 valence electrons. The summed E-state index contributed by atoms with van der Waals surface area (Å²) in [6.07, 6.45) is 7.98. The van der Waals surface area contributed by atoms with E-state index in [4.69, 9.17) is 15.4 Å². The molecule has 1 heterocycles. The molecule has 7 heteroatoms. The fourth-order valence-electron chi connectivity index (χ4n) is 3.77. The summed E-state index contributed by atoms with van der Waals surface area (Å²) in [5, 5.41) is 9.81. The van der Waals surface area contributed by atoms with Crippen LogP contribution in [0.25, 0.3) is 0 Å². The molecular weight excluding hydrogens is 282 g/mol. The van der Waals surface area contributed by atoms with Crippen LogP contribution in [-0.2, 0) is 9.57 Å². The molecule has 22 heavy (non-hydrogen) atoms. The first-order valence-electron chi connectivity index (χ1n) is 8.21. The van der Waals surface area contributed by atoms with E-state index < -0.39 is 0 Å². The zero-order valence-electron chi connectivity index (χ0n) is 13.9. The number of hydrogen-bond acceptors (Lipinski definition) is 5. The predicted molar refractivity (Wildman–Crippen MR) is 84.9 cm³/mol. The van der Waals surface area contributed by atoms with E-state index >= 15 is 0 Å². The second kappa shape index (κ2) is 7.37. The molecule has 2 rings (SSSR count). The topological polar surface area (TPSA) is 93.6 Å². The van der Waals surface area contributed by atoms with Crippen LogP contribution in [0.5, 0.6) is 0 Å². The number of hydroxylamine groups is 1. The molecule has 0 bridgehead atoms. The smallest absolute Gasteiger partial charge is 0.223 e. The van der Waals surface area contributed by atoms with Gasteiger partial charge in [0.1, 0.15) is 0 Å². The summed E-state index contributed by atoms with van der Waals surface area (Å²) in [5.74, 6) is 5.63. The zero-order chi connectivity index (χ0) is 16.1. The summed E-state index contributed by atoms with van der Waals surface area (Å²) in [6.45, 7) is 7.83. The molecule has 1 atom stereocenters. The second-order valence-electron chi connectivity index (χ2n) is 7.03. The molecule has 0 aromatic carbocycles. The van der Waals surface area contributed by atoms with Gasteiger partial charge < -0.3 is 15.4 Å². The van der Waals surface area contributed by atoms with E-state index in [0.717, 1.165) is 31.8 Å². The fourth-order valence-corrected chi connectivity index (χ4v) is 3.77. The molecule has 0 radical (unpaired) electrons. The highest BCUT2D eigenvalue weighted by atomic mass is 16.6. The van der Waals surface area contributed by atoms with Gasteiger partial charge in [-0.2, -0.15) is 0 Å². The summed E-state index contributed by atoms with van der Waals surface area (Å²) in [4.78, 5) is 5.23. The molecule has 1 aliphatic carbocycles. The molecule has 2 aliphatic rings. The maximum Gasteiger partial charge on any atom is 0.223 e. The van der Waals surface area contributed by atoms with Gasteiger partial charge in [-0.3, -0.25) is 0 Å². The molecule has 2 fully saturated rings. The second-order valence-corrected chi connectivity index (χ2v) is 7.03. The first-order valence-corrected chi connectivity index (χ1v) is 8.21. The maximum atomic E-state index is 6.12. The first-order chi connectivity index (χ1) is 10.5. The van der Waals surface area contributed by atoms with E-state index in [1.807, 2.05) is 0 Å². The van der Waals surface area contributed by atoms with Crippen molar-refractivity contribution < 1.29 is 9.57 Å². The van der Waals surface area contributed by atoms with Gasteiger partial charge >= 0.3 is 0 Å². The van der Waals surface area contributed by atoms with Crippen LogP contribution in [0.2, 0.25) is 0 Å². The van der Waals surface area contributed by atoms with Crippen molar-refractivity contribution in [3.05, 3.63) is 0 Å². The van der Waals surface area contributed by atoms with Crippen molar-refractivity contribution in [1.82, 2.24) is 5.48 Å². The van der Waals surface area contributed by atoms with Crippen molar-refractivity contribution in [2.75, 3.05) is 6.61 Å². The van der Waals surface area contributed by atoms with E-state index in [-0.39, 0.29) is 11.6 Å². The molecule has 7 nitrogen and oxygen atoms in total. The van der Waals surface area contributed by atoms with E-state index in [0.29, 0.717) is 5.41 Å². The highest BCUT2D eigenvalue weighted by Gasteiger charge is 2.48. The fraction of sp³-hybridized carbons (Fsp3) is 0.933. The van der Waals surface area contributed by atoms with Crippen molar-refractivity contribution in [3.8, 4) is 0 Å². The highest BCUT2D eigenvalue weighted by Crippen LogP contribution is 2.47. The minimum absolute atomic E-state index is 0.0937. The lowest BCUT2D eigenvalue weighted by molar-refractivity contribution is -0.0763. The van der Waals surface area contributed by atoms with Gasteiger partial charge in [-0.1, -0.05) is 37.5 Å². The minimum atomic E-state index is -0.0937. The molecule has 0 aromatic rings. The SMILES string of the molecule is CCC(C)(C)C1CCC2(CC1)OCCC2NO/C=N/N=N/N. The molecule has 0 aromatic heterocycles. The zero-order valence-corrected chi connectivity index (χ0v) is 13.9. The molecule has 1 saturated heterocycles. The molecule has 1 aliphatic heterocycles. The lowest BCUT2D eigenvalue weighted by atomic mass is 9.65. The quantitative estimate of drug-likeness (QED) is 0.259. The Kier molecular flexibility index (Phi) is 5.74. The predicted octanol–water partition coefficient (Wildman–Crippen LogP) is 2.93. The minimum Gasteiger partial charge on any atom is -0.394 e. The Balaban J connectivity index is 1.88. The van der Waals surface area contributed by atoms with E-state index in [1.165, 1.54) is 25.7 Å². The largest absolute Gasteiger partial charge is 0.394 e. The Hall–Kier alpha value is -1.21. The summed E-state index contributed by atoms with van der Waals surface area (Å²) >= 11 is 0. The van der Waals surface area contributed by atoms with Gasteiger partial charge in [0.25, 0.3) is 0 Å². The van der Waals surface area contributed by atoms with Crippen molar-refractivity contribution in [2.45, 2.75) is 70.9 Å². The number of nitrogens with zero attached hydrogens (tertiary/aromatic N) is 3. The van der Waals surface area contributed by atoms with Crippen molar-refractivity contribution in [2.24, 2.45) is 32.7 Å². The summed E-state index contributed by atoms with van der Waals surface area (Å²) < 4.78 is 6.12. The van der Waals surface area contributed by atoms with Gasteiger partial charge in [0, 0.05) is 6.61 Å². The van der Waals surface area contributed by atoms with Gasteiger partial charge in [0.15, 0.2) is 0 Å². The van der Waals surface area contributed by atoms with E-state index in [2.05, 4.69) is 41.8 Å². The Morgan fingerprint density at radius 1 is 1.36 bits per heavy atom. The molecular formula is C15H29N5O2. The standard InChI is InChI=1S/C15H29N5O2/c1-4-14(2,3)12-5-8-15(9-6-12)13(7-10-21-15)18-22-11-17-20-19-16/h11-13,18H,4-10H2,1-3H3,(H2,16,20)/b17-11+. The van der Waals surface area contributed by atoms with Crippen LogP contribution in [0, 0.1) is 11.3 Å². The van der Waals surface area contributed by atoms with Crippen LogP contribution >= 0.6 is 0 Å². The summed E-state index contributed by atoms with van der Waals surface area (Å²) in [5.41, 5.74) is 3.37. The highest BCUT2D eigenvalue weighted by molar-refractivity contribution is 5.45. The van der Waals surface area contributed by atoms with Crippen molar-refractivity contribution in [3.63, 3.8) is 0 Å². The Morgan fingerprint density at radius 3 is 2.73 bits per heavy atom. The number of nitrogens with two attached hydrogens (primary N) is 1. The van der Waals surface area contributed by atoms with Gasteiger partial charge in [-0.25, -0.2) is 0 Å². The monoisotopic (exact) mass is 311 g/mol. The van der Waals surface area contributed by atoms with Gasteiger partial charge in [0.2, 0.25) is 6.40 Å². The number of ether oxygens (including phenoxy) is 1. The molecule has 1 saturated carbocycles. The van der Waals surface area contributed by atoms with Crippen LogP contribution < -0.4 is 11.3 Å². The maximum absolute atomic E-state index is 6.12. The van der Waals surface area contributed by atoms with E-state index in [9.17, 15) is 0 Å². The van der Waals surface area contributed by atoms with Gasteiger partial charge in [-0.05, 0) is 48.7 Å². The Morgan fingerprint density at radius 2 is 2.09 bits per heavy atom. The summed E-state index contributed by atoms with van der Waals surface area (Å²) in [6, 6.07) is 0.194. The van der Waals surface area contributed by atoms with Crippen LogP contribution in [0.15, 0.2) is 15.5 Å². The van der Waals surface area contributed by atoms with E-state index in [1.54, 1.807) is 0 Å². The molecule has 0 amide bonds. The Labute approximate surface area is 132 Å². The number of rotatable bonds is 6. The van der Waals surface area contributed by atoms with Crippen molar-refractivity contribution in [1.29, 1.82) is 0 Å². The third kappa shape index (κ3) is 3.76. The Bertz CT molecular complexity index is 403. The molecule has 1 spiro atoms. The average Bonchev–Trinajstić information content (AvgIpc) is 2.90. The molecule has 3 N–H and O–H groups in total. The third-order valence-corrected chi connectivity index (χ3v) is 5.69. The van der Waals surface area contributed by atoms with Crippen LogP contribution in [0.1, 0.15) is 59.3 Å². The number of hydrogen-bond donors (Lipinski definition) is 2. The van der Waals surface area contributed by atoms with Gasteiger partial charge in [-0.15, -0.1) is 5.48 Å². The first kappa shape index (κ1) is 17.1. The van der Waals surface area contributed by atoms with Crippen LogP contribution in [-0.4, -0.2) is 24.7 Å². The van der Waals surface area contributed by atoms with Crippen molar-refractivity contribution >= 4 is 6.40 Å². The van der Waals surface area contributed by atoms with Crippen LogP contribution in [0.3, 0.4) is 0 Å². The lowest BCUT2D eigenvalue weighted by Crippen LogP contribution is -2.50. The number of nitrogens with one attached hydrogen (secondary N) is 1. The van der Waals surface area contributed by atoms with Crippen LogP contribution in [0.4, 0.5) is 0 Å². The lowest BCUT2D eigenvalue weighted by Gasteiger charge is -2.45. The average molecular weight is 311 g/mol. The van der Waals surface area contributed by atoms with Gasteiger partial charge in [0.05, 0.1) is 11.6 Å². The third-order valence-electron chi connectivity index (χ3n) is 5.69. The molecule has 1 unspecified atom stereocenters.